The van der Waals surface area contributed by atoms with Crippen molar-refractivity contribution in [3.05, 3.63) is 86.6 Å². The van der Waals surface area contributed by atoms with Gasteiger partial charge in [0.05, 0.1) is 17.9 Å². The zero-order chi connectivity index (χ0) is 21.3. The molecular weight excluding hydrogens is 390 g/mol. The van der Waals surface area contributed by atoms with E-state index in [0.717, 1.165) is 46.8 Å². The van der Waals surface area contributed by atoms with Crippen LogP contribution in [-0.4, -0.2) is 21.0 Å². The van der Waals surface area contributed by atoms with Crippen molar-refractivity contribution >= 4 is 17.5 Å². The molecule has 0 amide bonds. The lowest BCUT2D eigenvalue weighted by molar-refractivity contribution is 0.769. The molecule has 0 radical (unpaired) electrons. The van der Waals surface area contributed by atoms with E-state index in [1.807, 2.05) is 11.8 Å². The molecule has 4 nitrogen and oxygen atoms in total. The lowest BCUT2D eigenvalue weighted by Gasteiger charge is -2.20. The average molecular weight is 418 g/mol. The Hall–Kier alpha value is -2.66. The van der Waals surface area contributed by atoms with E-state index < -0.39 is 0 Å². The van der Waals surface area contributed by atoms with Gasteiger partial charge in [-0.3, -0.25) is 14.4 Å². The van der Waals surface area contributed by atoms with Crippen molar-refractivity contribution < 1.29 is 0 Å². The van der Waals surface area contributed by atoms with Gasteiger partial charge in [-0.15, -0.1) is 11.8 Å². The van der Waals surface area contributed by atoms with Crippen molar-refractivity contribution in [2.45, 2.75) is 52.0 Å². The minimum Gasteiger partial charge on any atom is -0.300 e. The van der Waals surface area contributed by atoms with Crippen LogP contribution in [0.15, 0.2) is 57.1 Å². The third-order valence-electron chi connectivity index (χ3n) is 5.50. The molecule has 3 aromatic rings. The Morgan fingerprint density at radius 1 is 1.03 bits per heavy atom. The van der Waals surface area contributed by atoms with E-state index in [2.05, 4.69) is 73.6 Å². The molecule has 0 spiro atoms. The van der Waals surface area contributed by atoms with E-state index in [4.69, 9.17) is 4.99 Å². The van der Waals surface area contributed by atoms with Crippen LogP contribution in [0.25, 0.3) is 5.69 Å². The van der Waals surface area contributed by atoms with Crippen molar-refractivity contribution in [2.75, 3.05) is 5.75 Å². The smallest absolute Gasteiger partial charge is 0.273 e. The molecular formula is C25H27N3OS. The molecule has 0 N–H and O–H groups in total. The number of hydrogen-bond acceptors (Lipinski definition) is 4. The normalized spacial score (nSPS) is 12.7. The van der Waals surface area contributed by atoms with E-state index >= 15 is 0 Å². The Morgan fingerprint density at radius 2 is 1.80 bits per heavy atom. The fourth-order valence-electron chi connectivity index (χ4n) is 3.99. The van der Waals surface area contributed by atoms with Gasteiger partial charge in [0.25, 0.3) is 5.56 Å². The SMILES string of the molecule is CCSc1cc2c(cc1CC)C(c1ccc(C)cc1)=NCc1nc(=O)cc(CC)n1-2. The van der Waals surface area contributed by atoms with Gasteiger partial charge in [0.15, 0.2) is 0 Å². The molecule has 0 aliphatic carbocycles. The van der Waals surface area contributed by atoms with E-state index in [0.29, 0.717) is 12.4 Å². The molecule has 1 aliphatic heterocycles. The van der Waals surface area contributed by atoms with E-state index in [-0.39, 0.29) is 5.56 Å². The maximum atomic E-state index is 12.2. The van der Waals surface area contributed by atoms with Gasteiger partial charge in [-0.05, 0) is 43.2 Å². The minimum atomic E-state index is -0.193. The quantitative estimate of drug-likeness (QED) is 0.541. The second-order valence-electron chi connectivity index (χ2n) is 7.49. The Balaban J connectivity index is 2.05. The van der Waals surface area contributed by atoms with Gasteiger partial charge in [-0.1, -0.05) is 50.6 Å². The highest BCUT2D eigenvalue weighted by Gasteiger charge is 2.23. The monoisotopic (exact) mass is 417 g/mol. The highest BCUT2D eigenvalue weighted by Crippen LogP contribution is 2.33. The lowest BCUT2D eigenvalue weighted by Crippen LogP contribution is -2.20. The minimum absolute atomic E-state index is 0.193. The molecule has 2 heterocycles. The summed E-state index contributed by atoms with van der Waals surface area (Å²) < 4.78 is 2.15. The van der Waals surface area contributed by atoms with Crippen LogP contribution in [0, 0.1) is 6.92 Å². The third kappa shape index (κ3) is 3.74. The van der Waals surface area contributed by atoms with E-state index in [9.17, 15) is 4.79 Å². The van der Waals surface area contributed by atoms with Crippen molar-refractivity contribution in [1.82, 2.24) is 9.55 Å². The summed E-state index contributed by atoms with van der Waals surface area (Å²) in [5.41, 5.74) is 7.57. The summed E-state index contributed by atoms with van der Waals surface area (Å²) >= 11 is 1.86. The maximum Gasteiger partial charge on any atom is 0.273 e. The zero-order valence-electron chi connectivity index (χ0n) is 18.0. The Kier molecular flexibility index (Phi) is 5.91. The van der Waals surface area contributed by atoms with Crippen LogP contribution in [0.1, 0.15) is 54.5 Å². The molecule has 154 valence electrons. The number of thioether (sulfide) groups is 1. The molecule has 0 bridgehead atoms. The molecule has 0 saturated carbocycles. The van der Waals surface area contributed by atoms with Crippen molar-refractivity contribution in [1.29, 1.82) is 0 Å². The van der Waals surface area contributed by atoms with Gasteiger partial charge in [-0.2, -0.15) is 4.98 Å². The van der Waals surface area contributed by atoms with Crippen molar-refractivity contribution in [3.8, 4) is 5.69 Å². The van der Waals surface area contributed by atoms with E-state index in [1.165, 1.54) is 16.0 Å². The number of aryl methyl sites for hydroxylation is 3. The number of nitrogens with zero attached hydrogens (tertiary/aromatic N) is 3. The first-order valence-corrected chi connectivity index (χ1v) is 11.6. The maximum absolute atomic E-state index is 12.2. The van der Waals surface area contributed by atoms with Crippen LogP contribution in [0.3, 0.4) is 0 Å². The second kappa shape index (κ2) is 8.60. The molecule has 1 aliphatic rings. The van der Waals surface area contributed by atoms with E-state index in [1.54, 1.807) is 6.07 Å². The summed E-state index contributed by atoms with van der Waals surface area (Å²) in [6.07, 6.45) is 1.72. The molecule has 0 unspecified atom stereocenters. The summed E-state index contributed by atoms with van der Waals surface area (Å²) in [5.74, 6) is 1.72. The first kappa shape index (κ1) is 20.6. The summed E-state index contributed by atoms with van der Waals surface area (Å²) in [7, 11) is 0. The Labute approximate surface area is 182 Å². The molecule has 0 fully saturated rings. The fraction of sp³-hybridized carbons (Fsp3) is 0.320. The van der Waals surface area contributed by atoms with Crippen LogP contribution < -0.4 is 5.56 Å². The van der Waals surface area contributed by atoms with Gasteiger partial charge in [0.1, 0.15) is 5.82 Å². The standard InChI is InChI=1S/C25H27N3OS/c1-5-17-12-20-21(14-22(17)30-7-3)28-19(6-2)13-24(29)27-23(28)15-26-25(20)18-10-8-16(4)9-11-18/h8-14H,5-7,15H2,1-4H3. The van der Waals surface area contributed by atoms with Crippen LogP contribution in [0.2, 0.25) is 0 Å². The molecule has 30 heavy (non-hydrogen) atoms. The lowest BCUT2D eigenvalue weighted by atomic mass is 9.96. The van der Waals surface area contributed by atoms with Gasteiger partial charge in [-0.25, -0.2) is 0 Å². The molecule has 5 heteroatoms. The van der Waals surface area contributed by atoms with Crippen molar-refractivity contribution in [2.24, 2.45) is 4.99 Å². The van der Waals surface area contributed by atoms with Crippen LogP contribution >= 0.6 is 11.8 Å². The zero-order valence-corrected chi connectivity index (χ0v) is 18.8. The number of rotatable bonds is 5. The summed E-state index contributed by atoms with van der Waals surface area (Å²) in [5, 5.41) is 0. The highest BCUT2D eigenvalue weighted by atomic mass is 32.2. The number of hydrogen-bond donors (Lipinski definition) is 0. The molecule has 0 atom stereocenters. The number of aliphatic imine (C=N–C) groups is 1. The topological polar surface area (TPSA) is 47.2 Å². The van der Waals surface area contributed by atoms with Gasteiger partial charge < -0.3 is 0 Å². The molecule has 0 saturated heterocycles. The highest BCUT2D eigenvalue weighted by molar-refractivity contribution is 7.99. The largest absolute Gasteiger partial charge is 0.300 e. The number of aromatic nitrogens is 2. The number of benzene rings is 2. The predicted molar refractivity (Wildman–Crippen MR) is 126 cm³/mol. The Bertz CT molecular complexity index is 1180. The first-order chi connectivity index (χ1) is 14.5. The van der Waals surface area contributed by atoms with Gasteiger partial charge in [0.2, 0.25) is 0 Å². The third-order valence-corrected chi connectivity index (χ3v) is 6.48. The first-order valence-electron chi connectivity index (χ1n) is 10.6. The molecule has 4 rings (SSSR count). The van der Waals surface area contributed by atoms with Gasteiger partial charge in [0, 0.05) is 27.8 Å². The van der Waals surface area contributed by atoms with Crippen LogP contribution in [-0.2, 0) is 19.4 Å². The van der Waals surface area contributed by atoms with Crippen LogP contribution in [0.5, 0.6) is 0 Å². The summed E-state index contributed by atoms with van der Waals surface area (Å²) in [6, 6.07) is 14.7. The molecule has 1 aromatic heterocycles. The summed E-state index contributed by atoms with van der Waals surface area (Å²) in [4.78, 5) is 22.8. The van der Waals surface area contributed by atoms with Crippen molar-refractivity contribution in [3.63, 3.8) is 0 Å². The number of fused-ring (bicyclic) bond motifs is 3. The summed E-state index contributed by atoms with van der Waals surface area (Å²) in [6.45, 7) is 8.94. The fourth-order valence-corrected chi connectivity index (χ4v) is 4.88. The molecule has 2 aromatic carbocycles. The van der Waals surface area contributed by atoms with Gasteiger partial charge >= 0.3 is 0 Å². The average Bonchev–Trinajstić information content (AvgIpc) is 2.90. The Morgan fingerprint density at radius 3 is 2.47 bits per heavy atom. The predicted octanol–water partition coefficient (Wildman–Crippen LogP) is 5.13. The van der Waals surface area contributed by atoms with Crippen LogP contribution in [0.4, 0.5) is 0 Å². The second-order valence-corrected chi connectivity index (χ2v) is 8.79.